The highest BCUT2D eigenvalue weighted by Gasteiger charge is 2.43. The minimum atomic E-state index is -1.06. The molecular weight excluding hydrogens is 606 g/mol. The van der Waals surface area contributed by atoms with E-state index in [2.05, 4.69) is 33.4 Å². The molecule has 2 heterocycles. The molecule has 9 heteroatoms. The summed E-state index contributed by atoms with van der Waals surface area (Å²) in [7, 11) is 1.68. The second-order valence-corrected chi connectivity index (χ2v) is 13.2. The number of hydrogen-bond acceptors (Lipinski definition) is 5. The molecule has 0 radical (unpaired) electrons. The third-order valence-electron chi connectivity index (χ3n) is 10.2. The maximum Gasteiger partial charge on any atom is 0.328 e. The van der Waals surface area contributed by atoms with Gasteiger partial charge in [0, 0.05) is 17.1 Å². The van der Waals surface area contributed by atoms with Gasteiger partial charge in [0.15, 0.2) is 5.75 Å². The molecule has 2 aliphatic carbocycles. The number of hydrogen-bond donors (Lipinski definition) is 3. The van der Waals surface area contributed by atoms with E-state index in [1.807, 2.05) is 18.2 Å². The van der Waals surface area contributed by atoms with E-state index in [0.717, 1.165) is 54.0 Å². The van der Waals surface area contributed by atoms with E-state index in [9.17, 15) is 14.4 Å². The molecule has 2 amide bonds. The third kappa shape index (κ3) is 5.93. The highest BCUT2D eigenvalue weighted by molar-refractivity contribution is 6.09. The molecule has 7 rings (SSSR count). The van der Waals surface area contributed by atoms with Crippen LogP contribution in [0, 0.1) is 0 Å². The summed E-state index contributed by atoms with van der Waals surface area (Å²) in [6.45, 7) is 1.12. The van der Waals surface area contributed by atoms with Crippen LogP contribution in [0.15, 0.2) is 66.7 Å². The molecule has 3 aromatic carbocycles. The van der Waals surface area contributed by atoms with Gasteiger partial charge in [-0.3, -0.25) is 9.59 Å². The fourth-order valence-corrected chi connectivity index (χ4v) is 7.86. The van der Waals surface area contributed by atoms with Crippen LogP contribution in [0.25, 0.3) is 28.2 Å². The zero-order valence-electron chi connectivity index (χ0n) is 27.2. The summed E-state index contributed by atoms with van der Waals surface area (Å²) < 4.78 is 14.1. The van der Waals surface area contributed by atoms with Crippen molar-refractivity contribution in [1.82, 2.24) is 9.88 Å². The summed E-state index contributed by atoms with van der Waals surface area (Å²) in [5, 5.41) is 16.2. The number of carboxylic acids is 1. The van der Waals surface area contributed by atoms with Crippen molar-refractivity contribution < 1.29 is 29.0 Å². The summed E-state index contributed by atoms with van der Waals surface area (Å²) in [5.74, 6) is 0.205. The molecule has 0 spiro atoms. The first-order valence-corrected chi connectivity index (χ1v) is 17.0. The Morgan fingerprint density at radius 2 is 1.67 bits per heavy atom. The van der Waals surface area contributed by atoms with Crippen molar-refractivity contribution in [1.29, 1.82) is 0 Å². The summed E-state index contributed by atoms with van der Waals surface area (Å²) >= 11 is 0. The third-order valence-corrected chi connectivity index (χ3v) is 10.2. The van der Waals surface area contributed by atoms with Crippen molar-refractivity contribution in [2.75, 3.05) is 19.0 Å². The Morgan fingerprint density at radius 3 is 2.35 bits per heavy atom. The van der Waals surface area contributed by atoms with Gasteiger partial charge in [-0.05, 0) is 96.8 Å². The SMILES string of the molecule is COc1ccc(-c2c(C3CCCCC3)c3ccc(C(=O)NC4(C(=O)Nc5ccc(/C=C\C(=O)O)cc5)CCCC4)c4c3n2CCO4)cc1. The van der Waals surface area contributed by atoms with Gasteiger partial charge in [0.05, 0.1) is 30.4 Å². The van der Waals surface area contributed by atoms with Crippen molar-refractivity contribution in [3.8, 4) is 22.8 Å². The summed E-state index contributed by atoms with van der Waals surface area (Å²) in [6.07, 6.45) is 11.2. The monoisotopic (exact) mass is 647 g/mol. The number of methoxy groups -OCH3 is 1. The van der Waals surface area contributed by atoms with E-state index in [-0.39, 0.29) is 11.8 Å². The summed E-state index contributed by atoms with van der Waals surface area (Å²) in [4.78, 5) is 38.8. The first-order chi connectivity index (χ1) is 23.4. The fraction of sp³-hybridized carbons (Fsp3) is 0.359. The number of amides is 2. The van der Waals surface area contributed by atoms with E-state index in [4.69, 9.17) is 14.6 Å². The Morgan fingerprint density at radius 1 is 0.938 bits per heavy atom. The number of ether oxygens (including phenoxy) is 2. The van der Waals surface area contributed by atoms with Gasteiger partial charge in [-0.25, -0.2) is 4.79 Å². The van der Waals surface area contributed by atoms with Gasteiger partial charge < -0.3 is 29.8 Å². The number of aromatic nitrogens is 1. The smallest absolute Gasteiger partial charge is 0.328 e. The summed E-state index contributed by atoms with van der Waals surface area (Å²) in [6, 6.07) is 19.1. The van der Waals surface area contributed by atoms with Gasteiger partial charge in [0.2, 0.25) is 5.91 Å². The predicted molar refractivity (Wildman–Crippen MR) is 186 cm³/mol. The van der Waals surface area contributed by atoms with Gasteiger partial charge in [0.25, 0.3) is 5.91 Å². The van der Waals surface area contributed by atoms with Crippen LogP contribution < -0.4 is 20.1 Å². The lowest BCUT2D eigenvalue weighted by Gasteiger charge is -2.30. The molecule has 0 atom stereocenters. The molecule has 9 nitrogen and oxygen atoms in total. The zero-order chi connectivity index (χ0) is 33.3. The first-order valence-electron chi connectivity index (χ1n) is 17.0. The molecule has 1 aromatic heterocycles. The van der Waals surface area contributed by atoms with Gasteiger partial charge in [-0.15, -0.1) is 0 Å². The summed E-state index contributed by atoms with van der Waals surface area (Å²) in [5.41, 5.74) is 5.26. The van der Waals surface area contributed by atoms with Crippen LogP contribution in [-0.4, -0.2) is 46.7 Å². The molecule has 3 N–H and O–H groups in total. The number of carbonyl (C=O) groups excluding carboxylic acids is 2. The van der Waals surface area contributed by atoms with Gasteiger partial charge in [0.1, 0.15) is 17.9 Å². The lowest BCUT2D eigenvalue weighted by molar-refractivity contribution is -0.131. The van der Waals surface area contributed by atoms with Gasteiger partial charge in [-0.1, -0.05) is 50.3 Å². The molecule has 0 bridgehead atoms. The molecular formula is C39H41N3O6. The number of carboxylic acid groups (broad SMARTS) is 1. The lowest BCUT2D eigenvalue weighted by atomic mass is 9.81. The van der Waals surface area contributed by atoms with E-state index in [1.54, 1.807) is 31.4 Å². The van der Waals surface area contributed by atoms with Crippen molar-refractivity contribution in [2.24, 2.45) is 0 Å². The Hall–Kier alpha value is -5.05. The maximum atomic E-state index is 14.2. The van der Waals surface area contributed by atoms with Crippen molar-refractivity contribution in [2.45, 2.75) is 75.8 Å². The second kappa shape index (κ2) is 13.2. The molecule has 3 aliphatic rings. The van der Waals surface area contributed by atoms with Crippen molar-refractivity contribution in [3.63, 3.8) is 0 Å². The molecule has 2 saturated carbocycles. The number of benzene rings is 3. The molecule has 0 unspecified atom stereocenters. The van der Waals surface area contributed by atoms with Crippen LogP contribution in [0.5, 0.6) is 11.5 Å². The molecule has 48 heavy (non-hydrogen) atoms. The van der Waals surface area contributed by atoms with E-state index >= 15 is 0 Å². The average Bonchev–Trinajstić information content (AvgIpc) is 3.73. The topological polar surface area (TPSA) is 119 Å². The van der Waals surface area contributed by atoms with Crippen LogP contribution in [0.4, 0.5) is 5.69 Å². The highest BCUT2D eigenvalue weighted by atomic mass is 16.5. The standard InChI is InChI=1S/C39H41N3O6/c1-47-29-16-12-27(13-17-29)34-33(26-7-3-2-4-8-26)30-18-19-31(36-35(30)42(34)23-24-48-36)37(45)41-39(21-5-6-22-39)38(46)40-28-14-9-25(10-15-28)11-20-32(43)44/h9-20,26H,2-8,21-24H2,1H3,(H,40,46)(H,41,45)(H,43,44)/b20-11-. The minimum absolute atomic E-state index is 0.262. The van der Waals surface area contributed by atoms with Crippen LogP contribution in [-0.2, 0) is 16.1 Å². The Kier molecular flexibility index (Phi) is 8.69. The van der Waals surface area contributed by atoms with Crippen molar-refractivity contribution >= 4 is 40.4 Å². The quantitative estimate of drug-likeness (QED) is 0.162. The largest absolute Gasteiger partial charge is 0.497 e. The normalized spacial score (nSPS) is 17.3. The van der Waals surface area contributed by atoms with E-state index in [1.165, 1.54) is 36.6 Å². The molecule has 248 valence electrons. The molecule has 2 fully saturated rings. The number of aliphatic carboxylic acids is 1. The van der Waals surface area contributed by atoms with E-state index in [0.29, 0.717) is 54.5 Å². The van der Waals surface area contributed by atoms with Gasteiger partial charge >= 0.3 is 5.97 Å². The first kappa shape index (κ1) is 31.5. The average molecular weight is 648 g/mol. The van der Waals surface area contributed by atoms with Gasteiger partial charge in [-0.2, -0.15) is 0 Å². The maximum absolute atomic E-state index is 14.2. The van der Waals surface area contributed by atoms with Crippen LogP contribution in [0.2, 0.25) is 0 Å². The Bertz CT molecular complexity index is 1880. The van der Waals surface area contributed by atoms with Crippen LogP contribution in [0.3, 0.4) is 0 Å². The number of nitrogens with one attached hydrogen (secondary N) is 2. The molecule has 1 aliphatic heterocycles. The lowest BCUT2D eigenvalue weighted by Crippen LogP contribution is -2.55. The fourth-order valence-electron chi connectivity index (χ4n) is 7.86. The number of nitrogens with zero attached hydrogens (tertiary/aromatic N) is 1. The number of anilines is 1. The van der Waals surface area contributed by atoms with Crippen LogP contribution in [0.1, 0.15) is 85.2 Å². The van der Waals surface area contributed by atoms with Crippen LogP contribution >= 0.6 is 0 Å². The number of carbonyl (C=O) groups is 3. The molecule has 4 aromatic rings. The van der Waals surface area contributed by atoms with Crippen molar-refractivity contribution in [3.05, 3.63) is 83.4 Å². The minimum Gasteiger partial charge on any atom is -0.497 e. The highest BCUT2D eigenvalue weighted by Crippen LogP contribution is 2.48. The Labute approximate surface area is 279 Å². The van der Waals surface area contributed by atoms with E-state index < -0.39 is 11.5 Å². The number of rotatable bonds is 9. The zero-order valence-corrected chi connectivity index (χ0v) is 27.2. The second-order valence-electron chi connectivity index (χ2n) is 13.2. The predicted octanol–water partition coefficient (Wildman–Crippen LogP) is 7.54. The molecule has 0 saturated heterocycles. The Balaban J connectivity index is 1.22.